The van der Waals surface area contributed by atoms with E-state index < -0.39 is 0 Å². The fourth-order valence-corrected chi connectivity index (χ4v) is 3.05. The summed E-state index contributed by atoms with van der Waals surface area (Å²) < 4.78 is 0. The van der Waals surface area contributed by atoms with Crippen LogP contribution >= 0.6 is 11.6 Å². The van der Waals surface area contributed by atoms with Gasteiger partial charge in [-0.05, 0) is 31.4 Å². The smallest absolute Gasteiger partial charge is 0.273 e. The highest BCUT2D eigenvalue weighted by atomic mass is 35.5. The molecule has 1 atom stereocenters. The maximum absolute atomic E-state index is 11.0. The second-order valence-corrected chi connectivity index (χ2v) is 6.06. The first-order valence-electron chi connectivity index (χ1n) is 7.04. The molecule has 0 radical (unpaired) electrons. The first-order valence-corrected chi connectivity index (χ1v) is 7.41. The van der Waals surface area contributed by atoms with Gasteiger partial charge in [0.1, 0.15) is 0 Å². The first-order chi connectivity index (χ1) is 9.63. The van der Waals surface area contributed by atoms with Crippen LogP contribution in [0.1, 0.15) is 24.8 Å². The zero-order valence-corrected chi connectivity index (χ0v) is 12.0. The summed E-state index contributed by atoms with van der Waals surface area (Å²) in [5.74, 6) is 0. The molecule has 1 heterocycles. The van der Waals surface area contributed by atoms with Gasteiger partial charge in [0, 0.05) is 48.4 Å². The predicted molar refractivity (Wildman–Crippen MR) is 77.9 cm³/mol. The molecular weight excluding hydrogens is 278 g/mol. The molecule has 0 amide bonds. The predicted octanol–water partition coefficient (Wildman–Crippen LogP) is 2.57. The third kappa shape index (κ3) is 3.11. The van der Waals surface area contributed by atoms with E-state index in [9.17, 15) is 10.1 Å². The monoisotopic (exact) mass is 295 g/mol. The van der Waals surface area contributed by atoms with E-state index in [1.807, 2.05) is 0 Å². The van der Waals surface area contributed by atoms with Crippen LogP contribution in [0, 0.1) is 10.1 Å². The van der Waals surface area contributed by atoms with Gasteiger partial charge in [0.05, 0.1) is 4.92 Å². The molecule has 1 unspecified atom stereocenters. The quantitative estimate of drug-likeness (QED) is 0.670. The van der Waals surface area contributed by atoms with Crippen LogP contribution in [0.2, 0.25) is 5.02 Å². The Kier molecular flexibility index (Phi) is 3.92. The molecule has 1 aliphatic heterocycles. The number of nitrogens with zero attached hydrogens (tertiary/aromatic N) is 2. The van der Waals surface area contributed by atoms with E-state index in [-0.39, 0.29) is 10.6 Å². The topological polar surface area (TPSA) is 58.4 Å². The van der Waals surface area contributed by atoms with E-state index >= 15 is 0 Å². The maximum Gasteiger partial charge on any atom is 0.273 e. The van der Waals surface area contributed by atoms with Crippen molar-refractivity contribution in [3.05, 3.63) is 38.9 Å². The number of benzene rings is 1. The Balaban J connectivity index is 1.60. The minimum absolute atomic E-state index is 0.138. The second-order valence-electron chi connectivity index (χ2n) is 5.62. The van der Waals surface area contributed by atoms with Crippen LogP contribution in [0.3, 0.4) is 0 Å². The van der Waals surface area contributed by atoms with Crippen LogP contribution in [0.15, 0.2) is 18.2 Å². The molecule has 2 aliphatic rings. The number of hydrogen-bond donors (Lipinski definition) is 1. The van der Waals surface area contributed by atoms with E-state index in [1.54, 1.807) is 12.1 Å². The first kappa shape index (κ1) is 13.8. The number of nitro groups is 1. The number of nitrogens with one attached hydrogen (secondary N) is 1. The Bertz CT molecular complexity index is 519. The molecule has 1 aromatic carbocycles. The fourth-order valence-electron chi connectivity index (χ4n) is 2.85. The number of halogens is 1. The van der Waals surface area contributed by atoms with Gasteiger partial charge >= 0.3 is 0 Å². The van der Waals surface area contributed by atoms with E-state index in [0.717, 1.165) is 25.6 Å². The molecule has 5 nitrogen and oxygen atoms in total. The standard InChI is InChI=1S/C14H18ClN3O2/c15-11-1-4-14(18(19)20)10(7-11)8-16-12-5-6-17(9-12)13-2-3-13/h1,4,7,12-13,16H,2-3,5-6,8-9H2. The highest BCUT2D eigenvalue weighted by Gasteiger charge is 2.34. The number of hydrogen-bond acceptors (Lipinski definition) is 4. The fraction of sp³-hybridized carbons (Fsp3) is 0.571. The summed E-state index contributed by atoms with van der Waals surface area (Å²) in [4.78, 5) is 13.2. The van der Waals surface area contributed by atoms with Crippen molar-refractivity contribution in [2.24, 2.45) is 0 Å². The van der Waals surface area contributed by atoms with Crippen molar-refractivity contribution in [2.75, 3.05) is 13.1 Å². The summed E-state index contributed by atoms with van der Waals surface area (Å²) in [5, 5.41) is 15.0. The lowest BCUT2D eigenvalue weighted by molar-refractivity contribution is -0.385. The lowest BCUT2D eigenvalue weighted by Gasteiger charge is -2.15. The molecule has 1 N–H and O–H groups in total. The molecule has 108 valence electrons. The molecule has 1 aromatic rings. The van der Waals surface area contributed by atoms with Gasteiger partial charge < -0.3 is 5.32 Å². The van der Waals surface area contributed by atoms with Gasteiger partial charge in [-0.3, -0.25) is 15.0 Å². The van der Waals surface area contributed by atoms with E-state index in [1.165, 1.54) is 18.9 Å². The van der Waals surface area contributed by atoms with Crippen molar-refractivity contribution in [2.45, 2.75) is 37.9 Å². The Morgan fingerprint density at radius 3 is 2.90 bits per heavy atom. The van der Waals surface area contributed by atoms with E-state index in [2.05, 4.69) is 10.2 Å². The average molecular weight is 296 g/mol. The molecule has 6 heteroatoms. The average Bonchev–Trinajstić information content (AvgIpc) is 3.15. The van der Waals surface area contributed by atoms with Gasteiger partial charge in [0.25, 0.3) is 5.69 Å². The summed E-state index contributed by atoms with van der Waals surface area (Å²) in [5.41, 5.74) is 0.798. The lowest BCUT2D eigenvalue weighted by atomic mass is 10.1. The third-order valence-corrected chi connectivity index (χ3v) is 4.34. The van der Waals surface area contributed by atoms with Crippen LogP contribution in [-0.4, -0.2) is 35.0 Å². The van der Waals surface area contributed by atoms with Gasteiger partial charge in [-0.1, -0.05) is 11.6 Å². The molecule has 20 heavy (non-hydrogen) atoms. The van der Waals surface area contributed by atoms with Crippen LogP contribution < -0.4 is 5.32 Å². The van der Waals surface area contributed by atoms with Crippen molar-refractivity contribution in [3.8, 4) is 0 Å². The molecular formula is C14H18ClN3O2. The Hall–Kier alpha value is -1.17. The zero-order chi connectivity index (χ0) is 14.1. The van der Waals surface area contributed by atoms with Crippen molar-refractivity contribution < 1.29 is 4.92 Å². The minimum atomic E-state index is -0.349. The van der Waals surface area contributed by atoms with Gasteiger partial charge in [-0.15, -0.1) is 0 Å². The Morgan fingerprint density at radius 1 is 1.40 bits per heavy atom. The molecule has 2 fully saturated rings. The molecule has 1 saturated heterocycles. The number of likely N-dealkylation sites (tertiary alicyclic amines) is 1. The van der Waals surface area contributed by atoms with Gasteiger partial charge in [0.15, 0.2) is 0 Å². The van der Waals surface area contributed by atoms with Gasteiger partial charge in [-0.25, -0.2) is 0 Å². The van der Waals surface area contributed by atoms with Gasteiger partial charge in [-0.2, -0.15) is 0 Å². The van der Waals surface area contributed by atoms with Crippen LogP contribution in [0.4, 0.5) is 5.69 Å². The summed E-state index contributed by atoms with van der Waals surface area (Å²) in [7, 11) is 0. The SMILES string of the molecule is O=[N+]([O-])c1ccc(Cl)cc1CNC1CCN(C2CC2)C1. The van der Waals surface area contributed by atoms with Crippen molar-refractivity contribution in [3.63, 3.8) is 0 Å². The van der Waals surface area contributed by atoms with Crippen LogP contribution in [0.5, 0.6) is 0 Å². The summed E-state index contributed by atoms with van der Waals surface area (Å²) >= 11 is 5.93. The molecule has 3 rings (SSSR count). The van der Waals surface area contributed by atoms with E-state index in [4.69, 9.17) is 11.6 Å². The third-order valence-electron chi connectivity index (χ3n) is 4.10. The molecule has 0 bridgehead atoms. The van der Waals surface area contributed by atoms with Crippen molar-refractivity contribution >= 4 is 17.3 Å². The summed E-state index contributed by atoms with van der Waals surface area (Å²) in [6.45, 7) is 2.69. The second kappa shape index (κ2) is 5.68. The zero-order valence-electron chi connectivity index (χ0n) is 11.2. The maximum atomic E-state index is 11.0. The molecule has 1 saturated carbocycles. The molecule has 0 spiro atoms. The lowest BCUT2D eigenvalue weighted by Crippen LogP contribution is -2.33. The Morgan fingerprint density at radius 2 is 2.20 bits per heavy atom. The van der Waals surface area contributed by atoms with Crippen molar-refractivity contribution in [1.82, 2.24) is 10.2 Å². The largest absolute Gasteiger partial charge is 0.308 e. The molecule has 1 aliphatic carbocycles. The Labute approximate surface area is 123 Å². The highest BCUT2D eigenvalue weighted by molar-refractivity contribution is 6.30. The van der Waals surface area contributed by atoms with Gasteiger partial charge in [0.2, 0.25) is 0 Å². The molecule has 0 aromatic heterocycles. The number of rotatable bonds is 5. The van der Waals surface area contributed by atoms with Crippen LogP contribution in [0.25, 0.3) is 0 Å². The normalized spacial score (nSPS) is 23.1. The number of nitro benzene ring substituents is 1. The van der Waals surface area contributed by atoms with Crippen molar-refractivity contribution in [1.29, 1.82) is 0 Å². The van der Waals surface area contributed by atoms with Crippen LogP contribution in [-0.2, 0) is 6.54 Å². The minimum Gasteiger partial charge on any atom is -0.308 e. The summed E-state index contributed by atoms with van der Waals surface area (Å²) in [6.07, 6.45) is 3.77. The van der Waals surface area contributed by atoms with E-state index in [0.29, 0.717) is 23.2 Å². The summed E-state index contributed by atoms with van der Waals surface area (Å²) in [6, 6.07) is 5.94. The highest BCUT2D eigenvalue weighted by Crippen LogP contribution is 2.30.